The summed E-state index contributed by atoms with van der Waals surface area (Å²) < 4.78 is 11.4. The molecule has 3 nitrogen and oxygen atoms in total. The quantitative estimate of drug-likeness (QED) is 0.666. The number of methoxy groups -OCH3 is 1. The Morgan fingerprint density at radius 1 is 1.17 bits per heavy atom. The van der Waals surface area contributed by atoms with E-state index in [1.165, 1.54) is 0 Å². The second-order valence-electron chi connectivity index (χ2n) is 6.16. The van der Waals surface area contributed by atoms with E-state index >= 15 is 0 Å². The minimum atomic E-state index is -1.71. The highest BCUT2D eigenvalue weighted by Crippen LogP contribution is 2.37. The Bertz CT molecular complexity index is 411. The van der Waals surface area contributed by atoms with E-state index in [0.29, 0.717) is 12.3 Å². The van der Waals surface area contributed by atoms with Gasteiger partial charge in [-0.1, -0.05) is 20.8 Å². The van der Waals surface area contributed by atoms with Crippen LogP contribution >= 0.6 is 0 Å². The fourth-order valence-electron chi connectivity index (χ4n) is 1.37. The Morgan fingerprint density at radius 3 is 2.28 bits per heavy atom. The van der Waals surface area contributed by atoms with Gasteiger partial charge in [0.2, 0.25) is 0 Å². The summed E-state index contributed by atoms with van der Waals surface area (Å²) >= 11 is 0. The van der Waals surface area contributed by atoms with Gasteiger partial charge in [-0.2, -0.15) is 0 Å². The highest BCUT2D eigenvalue weighted by atomic mass is 28.4. The molecule has 0 aliphatic rings. The third-order valence-electron chi connectivity index (χ3n) is 3.63. The summed E-state index contributed by atoms with van der Waals surface area (Å²) in [5.74, 6) is 0.781. The average molecular weight is 267 g/mol. The number of anilines is 1. The van der Waals surface area contributed by atoms with Crippen LogP contribution in [0.5, 0.6) is 5.75 Å². The number of hydrogen-bond acceptors (Lipinski definition) is 3. The number of hydrogen-bond donors (Lipinski definition) is 1. The smallest absolute Gasteiger partial charge is 0.192 e. The number of ether oxygens (including phenoxy) is 1. The molecule has 0 saturated carbocycles. The van der Waals surface area contributed by atoms with Crippen LogP contribution in [0.15, 0.2) is 18.2 Å². The number of benzene rings is 1. The molecule has 0 aliphatic heterocycles. The second-order valence-corrected chi connectivity index (χ2v) is 11.0. The van der Waals surface area contributed by atoms with Crippen molar-refractivity contribution in [2.45, 2.75) is 45.5 Å². The highest BCUT2D eigenvalue weighted by molar-refractivity contribution is 6.74. The maximum atomic E-state index is 6.16. The predicted octanol–water partition coefficient (Wildman–Crippen LogP) is 3.80. The minimum Gasteiger partial charge on any atom is -0.497 e. The van der Waals surface area contributed by atoms with Gasteiger partial charge in [-0.15, -0.1) is 0 Å². The van der Waals surface area contributed by atoms with E-state index < -0.39 is 8.32 Å². The Hall–Kier alpha value is -1.00. The lowest BCUT2D eigenvalue weighted by Gasteiger charge is -2.36. The van der Waals surface area contributed by atoms with Gasteiger partial charge in [0.15, 0.2) is 8.32 Å². The summed E-state index contributed by atoms with van der Waals surface area (Å²) in [4.78, 5) is 0. The lowest BCUT2D eigenvalue weighted by Crippen LogP contribution is -2.40. The van der Waals surface area contributed by atoms with Gasteiger partial charge in [-0.25, -0.2) is 0 Å². The first kappa shape index (κ1) is 15.1. The third-order valence-corrected chi connectivity index (χ3v) is 8.11. The predicted molar refractivity (Wildman–Crippen MR) is 79.4 cm³/mol. The molecule has 1 rings (SSSR count). The molecule has 0 aromatic heterocycles. The Morgan fingerprint density at radius 2 is 1.78 bits per heavy atom. The maximum absolute atomic E-state index is 6.16. The van der Waals surface area contributed by atoms with Crippen LogP contribution in [0.1, 0.15) is 26.3 Å². The van der Waals surface area contributed by atoms with Gasteiger partial charge in [-0.05, 0) is 35.8 Å². The first-order valence-electron chi connectivity index (χ1n) is 6.23. The molecule has 0 radical (unpaired) electrons. The van der Waals surface area contributed by atoms with E-state index in [4.69, 9.17) is 14.9 Å². The average Bonchev–Trinajstić information content (AvgIpc) is 2.24. The van der Waals surface area contributed by atoms with Crippen molar-refractivity contribution in [3.8, 4) is 5.75 Å². The topological polar surface area (TPSA) is 44.5 Å². The zero-order valence-electron chi connectivity index (χ0n) is 12.3. The van der Waals surface area contributed by atoms with Crippen LogP contribution < -0.4 is 10.5 Å². The van der Waals surface area contributed by atoms with E-state index in [2.05, 4.69) is 33.9 Å². The van der Waals surface area contributed by atoms with Crippen molar-refractivity contribution >= 4 is 14.0 Å². The molecule has 1 aromatic carbocycles. The molecule has 0 fully saturated rings. The van der Waals surface area contributed by atoms with Crippen molar-refractivity contribution in [2.75, 3.05) is 12.8 Å². The fourth-order valence-corrected chi connectivity index (χ4v) is 2.33. The van der Waals surface area contributed by atoms with Gasteiger partial charge in [0.1, 0.15) is 5.75 Å². The SMILES string of the molecule is COc1cc(N)cc(CO[Si](C)(C)C(C)(C)C)c1. The molecule has 18 heavy (non-hydrogen) atoms. The molecule has 0 unspecified atom stereocenters. The van der Waals surface area contributed by atoms with Gasteiger partial charge in [0.05, 0.1) is 13.7 Å². The molecule has 0 atom stereocenters. The molecule has 0 saturated heterocycles. The maximum Gasteiger partial charge on any atom is 0.192 e. The van der Waals surface area contributed by atoms with E-state index in [0.717, 1.165) is 11.3 Å². The van der Waals surface area contributed by atoms with E-state index in [9.17, 15) is 0 Å². The van der Waals surface area contributed by atoms with E-state index in [1.807, 2.05) is 18.2 Å². The summed E-state index contributed by atoms with van der Waals surface area (Å²) in [5, 5.41) is 0.220. The lowest BCUT2D eigenvalue weighted by atomic mass is 10.2. The van der Waals surface area contributed by atoms with Crippen LogP contribution in [0.4, 0.5) is 5.69 Å². The zero-order chi connectivity index (χ0) is 14.0. The normalized spacial score (nSPS) is 12.6. The van der Waals surface area contributed by atoms with Gasteiger partial charge in [0, 0.05) is 11.8 Å². The highest BCUT2D eigenvalue weighted by Gasteiger charge is 2.37. The molecule has 2 N–H and O–H groups in total. The summed E-state index contributed by atoms with van der Waals surface area (Å²) in [5.41, 5.74) is 7.61. The minimum absolute atomic E-state index is 0.220. The van der Waals surface area contributed by atoms with Crippen LogP contribution in [-0.4, -0.2) is 15.4 Å². The van der Waals surface area contributed by atoms with Gasteiger partial charge >= 0.3 is 0 Å². The number of rotatable bonds is 4. The van der Waals surface area contributed by atoms with Crippen LogP contribution in [-0.2, 0) is 11.0 Å². The van der Waals surface area contributed by atoms with Gasteiger partial charge in [-0.3, -0.25) is 0 Å². The van der Waals surface area contributed by atoms with Crippen molar-refractivity contribution in [1.29, 1.82) is 0 Å². The first-order chi connectivity index (χ1) is 8.15. The zero-order valence-corrected chi connectivity index (χ0v) is 13.3. The number of nitrogens with two attached hydrogens (primary N) is 1. The molecule has 0 aliphatic carbocycles. The van der Waals surface area contributed by atoms with E-state index in [-0.39, 0.29) is 5.04 Å². The Labute approximate surface area is 111 Å². The third kappa shape index (κ3) is 3.75. The van der Waals surface area contributed by atoms with Crippen LogP contribution in [0.3, 0.4) is 0 Å². The van der Waals surface area contributed by atoms with Crippen molar-refractivity contribution < 1.29 is 9.16 Å². The molecule has 1 aromatic rings. The lowest BCUT2D eigenvalue weighted by molar-refractivity contribution is 0.276. The van der Waals surface area contributed by atoms with Gasteiger partial charge < -0.3 is 14.9 Å². The summed E-state index contributed by atoms with van der Waals surface area (Å²) in [7, 11) is -0.0682. The summed E-state index contributed by atoms with van der Waals surface area (Å²) in [6.07, 6.45) is 0. The molecule has 0 spiro atoms. The Balaban J connectivity index is 2.78. The molecule has 4 heteroatoms. The summed E-state index contributed by atoms with van der Waals surface area (Å²) in [6, 6.07) is 5.73. The number of nitrogen functional groups attached to an aromatic ring is 1. The molecular formula is C14H25NO2Si. The molecule has 102 valence electrons. The van der Waals surface area contributed by atoms with Crippen LogP contribution in [0.2, 0.25) is 18.1 Å². The Kier molecular flexibility index (Phi) is 4.45. The van der Waals surface area contributed by atoms with Crippen LogP contribution in [0.25, 0.3) is 0 Å². The van der Waals surface area contributed by atoms with Crippen molar-refractivity contribution in [3.63, 3.8) is 0 Å². The molecule has 0 bridgehead atoms. The van der Waals surface area contributed by atoms with Crippen molar-refractivity contribution in [1.82, 2.24) is 0 Å². The van der Waals surface area contributed by atoms with Crippen molar-refractivity contribution in [3.05, 3.63) is 23.8 Å². The van der Waals surface area contributed by atoms with E-state index in [1.54, 1.807) is 7.11 Å². The molecule has 0 amide bonds. The van der Waals surface area contributed by atoms with Crippen LogP contribution in [0, 0.1) is 0 Å². The summed E-state index contributed by atoms with van der Waals surface area (Å²) in [6.45, 7) is 11.8. The standard InChI is InChI=1S/C14H25NO2Si/c1-14(2,3)18(5,6)17-10-11-7-12(15)9-13(8-11)16-4/h7-9H,10,15H2,1-6H3. The van der Waals surface area contributed by atoms with Crippen molar-refractivity contribution in [2.24, 2.45) is 0 Å². The fraction of sp³-hybridized carbons (Fsp3) is 0.571. The molecule has 0 heterocycles. The second kappa shape index (κ2) is 5.32. The monoisotopic (exact) mass is 267 g/mol. The van der Waals surface area contributed by atoms with Gasteiger partial charge in [0.25, 0.3) is 0 Å². The molecular weight excluding hydrogens is 242 g/mol. The largest absolute Gasteiger partial charge is 0.497 e. The first-order valence-corrected chi connectivity index (χ1v) is 9.14.